The lowest BCUT2D eigenvalue weighted by Crippen LogP contribution is -2.04. The second kappa shape index (κ2) is 5.49. The van der Waals surface area contributed by atoms with Gasteiger partial charge >= 0.3 is 0 Å². The van der Waals surface area contributed by atoms with Crippen LogP contribution < -0.4 is 9.47 Å². The molecule has 0 radical (unpaired) electrons. The Morgan fingerprint density at radius 1 is 1.15 bits per heavy atom. The standard InChI is InChI=1S/C16H19NO3/c1-6-13-11-7-14(19-4)15(20-5)8-12(11)16(10(3)18)9(2)17-13/h7-8H,6H2,1-5H3. The van der Waals surface area contributed by atoms with Crippen LogP contribution in [-0.2, 0) is 6.42 Å². The van der Waals surface area contributed by atoms with Gasteiger partial charge in [-0.25, -0.2) is 0 Å². The molecule has 0 spiro atoms. The Bertz CT molecular complexity index is 677. The van der Waals surface area contributed by atoms with Crippen molar-refractivity contribution in [3.8, 4) is 11.5 Å². The maximum absolute atomic E-state index is 11.9. The minimum absolute atomic E-state index is 0.00914. The quantitative estimate of drug-likeness (QED) is 0.802. The first-order valence-electron chi connectivity index (χ1n) is 6.59. The molecular formula is C16H19NO3. The molecule has 0 saturated carbocycles. The first-order chi connectivity index (χ1) is 9.53. The number of rotatable bonds is 4. The van der Waals surface area contributed by atoms with Crippen molar-refractivity contribution in [3.63, 3.8) is 0 Å². The first-order valence-corrected chi connectivity index (χ1v) is 6.59. The fraction of sp³-hybridized carbons (Fsp3) is 0.375. The zero-order valence-electron chi connectivity index (χ0n) is 12.5. The summed E-state index contributed by atoms with van der Waals surface area (Å²) in [6.07, 6.45) is 0.797. The van der Waals surface area contributed by atoms with Crippen LogP contribution in [0.5, 0.6) is 11.5 Å². The van der Waals surface area contributed by atoms with Crippen molar-refractivity contribution in [2.45, 2.75) is 27.2 Å². The lowest BCUT2D eigenvalue weighted by Gasteiger charge is -2.14. The van der Waals surface area contributed by atoms with Crippen molar-refractivity contribution in [3.05, 3.63) is 29.1 Å². The topological polar surface area (TPSA) is 48.4 Å². The van der Waals surface area contributed by atoms with Gasteiger partial charge in [0.15, 0.2) is 17.3 Å². The number of methoxy groups -OCH3 is 2. The van der Waals surface area contributed by atoms with Crippen molar-refractivity contribution >= 4 is 16.6 Å². The molecule has 0 aliphatic rings. The van der Waals surface area contributed by atoms with Gasteiger partial charge < -0.3 is 9.47 Å². The van der Waals surface area contributed by atoms with E-state index in [4.69, 9.17) is 9.47 Å². The maximum atomic E-state index is 11.9. The van der Waals surface area contributed by atoms with Gasteiger partial charge in [-0.2, -0.15) is 0 Å². The van der Waals surface area contributed by atoms with Crippen LogP contribution in [0.1, 0.15) is 35.6 Å². The summed E-state index contributed by atoms with van der Waals surface area (Å²) in [5.74, 6) is 1.28. The van der Waals surface area contributed by atoms with Gasteiger partial charge in [-0.1, -0.05) is 6.92 Å². The highest BCUT2D eigenvalue weighted by atomic mass is 16.5. The molecule has 1 heterocycles. The third-order valence-electron chi connectivity index (χ3n) is 3.46. The highest BCUT2D eigenvalue weighted by Gasteiger charge is 2.17. The minimum Gasteiger partial charge on any atom is -0.493 e. The molecule has 0 fully saturated rings. The Labute approximate surface area is 118 Å². The minimum atomic E-state index is 0.00914. The van der Waals surface area contributed by atoms with E-state index in [1.807, 2.05) is 26.0 Å². The van der Waals surface area contributed by atoms with Gasteiger partial charge in [0, 0.05) is 27.7 Å². The van der Waals surface area contributed by atoms with Gasteiger partial charge in [-0.05, 0) is 32.4 Å². The van der Waals surface area contributed by atoms with E-state index in [1.54, 1.807) is 21.1 Å². The van der Waals surface area contributed by atoms with Crippen LogP contribution in [0, 0.1) is 6.92 Å². The summed E-state index contributed by atoms with van der Waals surface area (Å²) in [7, 11) is 3.19. The highest BCUT2D eigenvalue weighted by molar-refractivity contribution is 6.09. The number of nitrogens with zero attached hydrogens (tertiary/aromatic N) is 1. The van der Waals surface area contributed by atoms with Crippen LogP contribution in [0.3, 0.4) is 0 Å². The van der Waals surface area contributed by atoms with Crippen LogP contribution in [0.4, 0.5) is 0 Å². The molecule has 2 aromatic rings. The van der Waals surface area contributed by atoms with E-state index in [0.717, 1.165) is 28.6 Å². The Hall–Kier alpha value is -2.10. The zero-order valence-corrected chi connectivity index (χ0v) is 12.5. The predicted octanol–water partition coefficient (Wildman–Crippen LogP) is 3.33. The predicted molar refractivity (Wildman–Crippen MR) is 79.0 cm³/mol. The Kier molecular flexibility index (Phi) is 3.93. The van der Waals surface area contributed by atoms with Gasteiger partial charge in [-0.15, -0.1) is 0 Å². The molecule has 0 bridgehead atoms. The summed E-state index contributed by atoms with van der Waals surface area (Å²) in [6, 6.07) is 3.75. The molecule has 2 rings (SSSR count). The summed E-state index contributed by atoms with van der Waals surface area (Å²) in [5.41, 5.74) is 2.37. The van der Waals surface area contributed by atoms with Crippen LogP contribution in [-0.4, -0.2) is 25.0 Å². The summed E-state index contributed by atoms with van der Waals surface area (Å²) in [4.78, 5) is 16.5. The third-order valence-corrected chi connectivity index (χ3v) is 3.46. The molecular weight excluding hydrogens is 254 g/mol. The van der Waals surface area contributed by atoms with Gasteiger partial charge in [0.25, 0.3) is 0 Å². The largest absolute Gasteiger partial charge is 0.493 e. The van der Waals surface area contributed by atoms with Crippen molar-refractivity contribution in [2.75, 3.05) is 14.2 Å². The van der Waals surface area contributed by atoms with E-state index >= 15 is 0 Å². The van der Waals surface area contributed by atoms with Crippen molar-refractivity contribution in [2.24, 2.45) is 0 Å². The Balaban J connectivity index is 2.94. The number of carbonyl (C=O) groups excluding carboxylic acids is 1. The molecule has 0 aliphatic carbocycles. The van der Waals surface area contributed by atoms with Gasteiger partial charge in [-0.3, -0.25) is 9.78 Å². The second-order valence-electron chi connectivity index (χ2n) is 4.68. The SMILES string of the molecule is CCc1nc(C)c(C(C)=O)c2cc(OC)c(OC)cc12. The van der Waals surface area contributed by atoms with Crippen LogP contribution in [0.2, 0.25) is 0 Å². The number of benzene rings is 1. The number of ketones is 1. The fourth-order valence-corrected chi connectivity index (χ4v) is 2.55. The van der Waals surface area contributed by atoms with Gasteiger partial charge in [0.05, 0.1) is 14.2 Å². The van der Waals surface area contributed by atoms with E-state index in [1.165, 1.54) is 0 Å². The van der Waals surface area contributed by atoms with Crippen LogP contribution >= 0.6 is 0 Å². The molecule has 0 aliphatic heterocycles. The first kappa shape index (κ1) is 14.3. The highest BCUT2D eigenvalue weighted by Crippen LogP contribution is 2.35. The molecule has 0 atom stereocenters. The molecule has 0 amide bonds. The van der Waals surface area contributed by atoms with E-state index in [0.29, 0.717) is 17.1 Å². The molecule has 106 valence electrons. The van der Waals surface area contributed by atoms with Crippen molar-refractivity contribution in [1.82, 2.24) is 4.98 Å². The molecule has 0 N–H and O–H groups in total. The number of ether oxygens (including phenoxy) is 2. The summed E-state index contributed by atoms with van der Waals surface area (Å²) < 4.78 is 10.7. The van der Waals surface area contributed by atoms with E-state index in [2.05, 4.69) is 4.98 Å². The van der Waals surface area contributed by atoms with Crippen molar-refractivity contribution in [1.29, 1.82) is 0 Å². The number of hydrogen-bond donors (Lipinski definition) is 0. The maximum Gasteiger partial charge on any atom is 0.162 e. The fourth-order valence-electron chi connectivity index (χ4n) is 2.55. The van der Waals surface area contributed by atoms with E-state index in [-0.39, 0.29) is 5.78 Å². The Morgan fingerprint density at radius 2 is 1.70 bits per heavy atom. The number of Topliss-reactive ketones (excluding diaryl/α,β-unsaturated/α-hetero) is 1. The van der Waals surface area contributed by atoms with Crippen molar-refractivity contribution < 1.29 is 14.3 Å². The normalized spacial score (nSPS) is 10.7. The third kappa shape index (κ3) is 2.22. The Morgan fingerprint density at radius 3 is 2.15 bits per heavy atom. The molecule has 0 unspecified atom stereocenters. The zero-order chi connectivity index (χ0) is 14.9. The second-order valence-corrected chi connectivity index (χ2v) is 4.68. The monoisotopic (exact) mass is 273 g/mol. The lowest BCUT2D eigenvalue weighted by molar-refractivity contribution is 0.101. The number of aryl methyl sites for hydroxylation is 2. The summed E-state index contributed by atoms with van der Waals surface area (Å²) >= 11 is 0. The van der Waals surface area contributed by atoms with E-state index < -0.39 is 0 Å². The number of carbonyl (C=O) groups is 1. The average molecular weight is 273 g/mol. The molecule has 1 aromatic carbocycles. The van der Waals surface area contributed by atoms with Gasteiger partial charge in [0.2, 0.25) is 0 Å². The number of aromatic nitrogens is 1. The van der Waals surface area contributed by atoms with Crippen LogP contribution in [0.25, 0.3) is 10.8 Å². The summed E-state index contributed by atoms with van der Waals surface area (Å²) in [6.45, 7) is 5.48. The van der Waals surface area contributed by atoms with E-state index in [9.17, 15) is 4.79 Å². The molecule has 1 aromatic heterocycles. The molecule has 20 heavy (non-hydrogen) atoms. The van der Waals surface area contributed by atoms with Gasteiger partial charge in [0.1, 0.15) is 0 Å². The lowest BCUT2D eigenvalue weighted by atomic mass is 9.98. The molecule has 0 saturated heterocycles. The number of pyridine rings is 1. The number of fused-ring (bicyclic) bond motifs is 1. The molecule has 4 nitrogen and oxygen atoms in total. The average Bonchev–Trinajstić information content (AvgIpc) is 2.44. The summed E-state index contributed by atoms with van der Waals surface area (Å²) in [5, 5.41) is 1.82. The van der Waals surface area contributed by atoms with Crippen LogP contribution in [0.15, 0.2) is 12.1 Å². The molecule has 4 heteroatoms. The smallest absolute Gasteiger partial charge is 0.162 e. The number of hydrogen-bond acceptors (Lipinski definition) is 4.